The summed E-state index contributed by atoms with van der Waals surface area (Å²) < 4.78 is 1.91. The fourth-order valence-electron chi connectivity index (χ4n) is 1.16. The number of pyridine rings is 1. The van der Waals surface area contributed by atoms with Gasteiger partial charge in [0.2, 0.25) is 0 Å². The van der Waals surface area contributed by atoms with E-state index in [0.717, 1.165) is 16.2 Å². The molecule has 0 saturated heterocycles. The molecule has 0 fully saturated rings. The molecule has 56 valence electrons. The molecule has 0 saturated carbocycles. The Bertz CT molecular complexity index is 392. The molecule has 11 heavy (non-hydrogen) atoms. The Morgan fingerprint density at radius 3 is 3.09 bits per heavy atom. The normalized spacial score (nSPS) is 10.7. The van der Waals surface area contributed by atoms with E-state index in [9.17, 15) is 0 Å². The van der Waals surface area contributed by atoms with Crippen LogP contribution in [0.15, 0.2) is 24.7 Å². The first kappa shape index (κ1) is 6.68. The molecule has 0 aliphatic heterocycles. The van der Waals surface area contributed by atoms with Gasteiger partial charge in [0, 0.05) is 6.20 Å². The van der Waals surface area contributed by atoms with Crippen LogP contribution in [0.3, 0.4) is 0 Å². The summed E-state index contributed by atoms with van der Waals surface area (Å²) in [6.45, 7) is 1.95. The van der Waals surface area contributed by atoms with Gasteiger partial charge in [0.05, 0.1) is 22.6 Å². The van der Waals surface area contributed by atoms with Crippen LogP contribution in [0, 0.1) is 6.92 Å². The van der Waals surface area contributed by atoms with Crippen LogP contribution in [0.1, 0.15) is 5.69 Å². The SMILES string of the molecule is Cc1ncn2cccc(Cl)c12. The van der Waals surface area contributed by atoms with Gasteiger partial charge in [-0.1, -0.05) is 11.6 Å². The molecular formula is C8H7ClN2. The summed E-state index contributed by atoms with van der Waals surface area (Å²) in [5.74, 6) is 0. The third kappa shape index (κ3) is 0.906. The standard InChI is InChI=1S/C8H7ClN2/c1-6-8-7(9)3-2-4-11(8)5-10-6/h2-5H,1H3. The second-order valence-electron chi connectivity index (χ2n) is 2.44. The Hall–Kier alpha value is -1.02. The number of aryl methyl sites for hydroxylation is 1. The molecule has 2 aromatic rings. The molecule has 0 unspecified atom stereocenters. The Balaban J connectivity index is 2.96. The first-order valence-corrected chi connectivity index (χ1v) is 3.74. The van der Waals surface area contributed by atoms with Crippen LogP contribution < -0.4 is 0 Å². The van der Waals surface area contributed by atoms with E-state index in [2.05, 4.69) is 4.98 Å². The maximum atomic E-state index is 5.94. The van der Waals surface area contributed by atoms with Gasteiger partial charge in [0.25, 0.3) is 0 Å². The second kappa shape index (κ2) is 2.24. The van der Waals surface area contributed by atoms with Crippen molar-refractivity contribution in [2.45, 2.75) is 6.92 Å². The van der Waals surface area contributed by atoms with Crippen LogP contribution in [-0.4, -0.2) is 9.38 Å². The van der Waals surface area contributed by atoms with Crippen molar-refractivity contribution in [2.75, 3.05) is 0 Å². The summed E-state index contributed by atoms with van der Waals surface area (Å²) in [5.41, 5.74) is 1.96. The zero-order chi connectivity index (χ0) is 7.84. The van der Waals surface area contributed by atoms with Crippen molar-refractivity contribution in [1.29, 1.82) is 0 Å². The second-order valence-corrected chi connectivity index (χ2v) is 2.85. The lowest BCUT2D eigenvalue weighted by atomic mass is 10.3. The summed E-state index contributed by atoms with van der Waals surface area (Å²) >= 11 is 5.94. The van der Waals surface area contributed by atoms with Crippen LogP contribution >= 0.6 is 11.6 Å². The highest BCUT2D eigenvalue weighted by atomic mass is 35.5. The molecule has 2 nitrogen and oxygen atoms in total. The third-order valence-electron chi connectivity index (χ3n) is 1.69. The maximum Gasteiger partial charge on any atom is 0.0995 e. The molecule has 0 atom stereocenters. The Kier molecular flexibility index (Phi) is 1.36. The van der Waals surface area contributed by atoms with E-state index < -0.39 is 0 Å². The number of hydrogen-bond acceptors (Lipinski definition) is 1. The number of aromatic nitrogens is 2. The van der Waals surface area contributed by atoms with E-state index in [4.69, 9.17) is 11.6 Å². The number of hydrogen-bond donors (Lipinski definition) is 0. The van der Waals surface area contributed by atoms with Crippen molar-refractivity contribution in [3.05, 3.63) is 35.4 Å². The molecule has 0 N–H and O–H groups in total. The van der Waals surface area contributed by atoms with Gasteiger partial charge in [0.15, 0.2) is 0 Å². The quantitative estimate of drug-likeness (QED) is 0.587. The molecule has 0 spiro atoms. The van der Waals surface area contributed by atoms with Gasteiger partial charge in [-0.3, -0.25) is 0 Å². The minimum Gasteiger partial charge on any atom is -0.305 e. The molecule has 3 heteroatoms. The first-order chi connectivity index (χ1) is 5.29. The molecule has 2 rings (SSSR count). The molecule has 0 radical (unpaired) electrons. The van der Waals surface area contributed by atoms with E-state index in [-0.39, 0.29) is 0 Å². The predicted octanol–water partition coefficient (Wildman–Crippen LogP) is 2.30. The molecule has 0 bridgehead atoms. The minimum atomic E-state index is 0.752. The van der Waals surface area contributed by atoms with Gasteiger partial charge in [-0.25, -0.2) is 4.98 Å². The molecular weight excluding hydrogens is 160 g/mol. The highest BCUT2D eigenvalue weighted by Gasteiger charge is 2.01. The lowest BCUT2D eigenvalue weighted by Crippen LogP contribution is -1.81. The van der Waals surface area contributed by atoms with Crippen molar-refractivity contribution >= 4 is 17.1 Å². The molecule has 0 aliphatic carbocycles. The van der Waals surface area contributed by atoms with Gasteiger partial charge >= 0.3 is 0 Å². The number of fused-ring (bicyclic) bond motifs is 1. The zero-order valence-electron chi connectivity index (χ0n) is 6.08. The Labute approximate surface area is 69.4 Å². The molecule has 0 aliphatic rings. The predicted molar refractivity (Wildman–Crippen MR) is 44.9 cm³/mol. The lowest BCUT2D eigenvalue weighted by Gasteiger charge is -1.94. The molecule has 2 heterocycles. The fraction of sp³-hybridized carbons (Fsp3) is 0.125. The van der Waals surface area contributed by atoms with Crippen LogP contribution in [0.4, 0.5) is 0 Å². The maximum absolute atomic E-state index is 5.94. The van der Waals surface area contributed by atoms with Crippen molar-refractivity contribution in [1.82, 2.24) is 9.38 Å². The summed E-state index contributed by atoms with van der Waals surface area (Å²) in [6.07, 6.45) is 3.69. The molecule has 0 aromatic carbocycles. The van der Waals surface area contributed by atoms with Crippen molar-refractivity contribution in [3.63, 3.8) is 0 Å². The van der Waals surface area contributed by atoms with Gasteiger partial charge in [-0.2, -0.15) is 0 Å². The van der Waals surface area contributed by atoms with Crippen molar-refractivity contribution in [3.8, 4) is 0 Å². The van der Waals surface area contributed by atoms with Crippen molar-refractivity contribution < 1.29 is 0 Å². The smallest absolute Gasteiger partial charge is 0.0995 e. The van der Waals surface area contributed by atoms with E-state index in [1.54, 1.807) is 6.33 Å². The third-order valence-corrected chi connectivity index (χ3v) is 2.00. The van der Waals surface area contributed by atoms with Crippen LogP contribution in [0.5, 0.6) is 0 Å². The highest BCUT2D eigenvalue weighted by molar-refractivity contribution is 6.33. The van der Waals surface area contributed by atoms with Gasteiger partial charge in [-0.05, 0) is 19.1 Å². The minimum absolute atomic E-state index is 0.752. The van der Waals surface area contributed by atoms with Crippen LogP contribution in [-0.2, 0) is 0 Å². The Morgan fingerprint density at radius 1 is 1.55 bits per heavy atom. The van der Waals surface area contributed by atoms with Crippen molar-refractivity contribution in [2.24, 2.45) is 0 Å². The highest BCUT2D eigenvalue weighted by Crippen LogP contribution is 2.18. The summed E-state index contributed by atoms with van der Waals surface area (Å²) in [5, 5.41) is 0.752. The number of rotatable bonds is 0. The summed E-state index contributed by atoms with van der Waals surface area (Å²) in [7, 11) is 0. The fourth-order valence-corrected chi connectivity index (χ4v) is 1.47. The Morgan fingerprint density at radius 2 is 2.36 bits per heavy atom. The zero-order valence-corrected chi connectivity index (χ0v) is 6.84. The number of halogens is 1. The number of nitrogens with zero attached hydrogens (tertiary/aromatic N) is 2. The van der Waals surface area contributed by atoms with Crippen LogP contribution in [0.25, 0.3) is 5.52 Å². The lowest BCUT2D eigenvalue weighted by molar-refractivity contribution is 1.15. The van der Waals surface area contributed by atoms with Crippen LogP contribution in [0.2, 0.25) is 5.02 Å². The van der Waals surface area contributed by atoms with E-state index in [1.807, 2.05) is 29.7 Å². The monoisotopic (exact) mass is 166 g/mol. The van der Waals surface area contributed by atoms with E-state index in [1.165, 1.54) is 0 Å². The van der Waals surface area contributed by atoms with Gasteiger partial charge in [-0.15, -0.1) is 0 Å². The average Bonchev–Trinajstić information content (AvgIpc) is 2.34. The average molecular weight is 167 g/mol. The van der Waals surface area contributed by atoms with E-state index in [0.29, 0.717) is 0 Å². The summed E-state index contributed by atoms with van der Waals surface area (Å²) in [6, 6.07) is 3.77. The molecule has 2 aromatic heterocycles. The van der Waals surface area contributed by atoms with Gasteiger partial charge < -0.3 is 4.40 Å². The number of imidazole rings is 1. The van der Waals surface area contributed by atoms with E-state index >= 15 is 0 Å². The summed E-state index contributed by atoms with van der Waals surface area (Å²) in [4.78, 5) is 4.14. The van der Waals surface area contributed by atoms with Gasteiger partial charge in [0.1, 0.15) is 0 Å². The largest absolute Gasteiger partial charge is 0.305 e. The first-order valence-electron chi connectivity index (χ1n) is 3.37. The molecule has 0 amide bonds. The topological polar surface area (TPSA) is 17.3 Å².